The zero-order valence-electron chi connectivity index (χ0n) is 18.1. The maximum Gasteiger partial charge on any atom is 0.243 e. The van der Waals surface area contributed by atoms with E-state index in [1.807, 2.05) is 55.5 Å². The number of benzene rings is 3. The van der Waals surface area contributed by atoms with E-state index < -0.39 is 16.1 Å². The van der Waals surface area contributed by atoms with Crippen LogP contribution < -0.4 is 0 Å². The first-order chi connectivity index (χ1) is 15.4. The number of oxime groups is 1. The molecule has 0 spiro atoms. The first kappa shape index (κ1) is 22.2. The molecule has 32 heavy (non-hydrogen) atoms. The van der Waals surface area contributed by atoms with Gasteiger partial charge in [-0.3, -0.25) is 0 Å². The van der Waals surface area contributed by atoms with E-state index >= 15 is 0 Å². The highest BCUT2D eigenvalue weighted by molar-refractivity contribution is 7.89. The molecule has 7 heteroatoms. The zero-order chi connectivity index (χ0) is 22.7. The van der Waals surface area contributed by atoms with Crippen LogP contribution in [0.25, 0.3) is 11.1 Å². The Morgan fingerprint density at radius 1 is 0.906 bits per heavy atom. The van der Waals surface area contributed by atoms with E-state index in [2.05, 4.69) is 5.16 Å². The molecule has 0 heterocycles. The monoisotopic (exact) mass is 450 g/mol. The maximum atomic E-state index is 12.9. The molecule has 1 aliphatic carbocycles. The second-order valence-electron chi connectivity index (χ2n) is 7.75. The SMILES string of the molecule is CCN(C[C@H](O)CON=C1c2ccccc2-c2ccccc21)S(=O)(=O)c1ccc(C)cc1. The molecular formula is C25H26N2O4S. The highest BCUT2D eigenvalue weighted by atomic mass is 32.2. The number of hydrogen-bond acceptors (Lipinski definition) is 5. The Balaban J connectivity index is 1.45. The lowest BCUT2D eigenvalue weighted by Gasteiger charge is -2.23. The summed E-state index contributed by atoms with van der Waals surface area (Å²) in [5, 5.41) is 14.8. The summed E-state index contributed by atoms with van der Waals surface area (Å²) in [7, 11) is -3.70. The van der Waals surface area contributed by atoms with Gasteiger partial charge in [0.15, 0.2) is 0 Å². The van der Waals surface area contributed by atoms with Crippen molar-refractivity contribution in [3.8, 4) is 11.1 Å². The van der Waals surface area contributed by atoms with Gasteiger partial charge in [-0.2, -0.15) is 4.31 Å². The molecule has 0 radical (unpaired) electrons. The molecule has 0 aromatic heterocycles. The Morgan fingerprint density at radius 2 is 1.44 bits per heavy atom. The predicted octanol–water partition coefficient (Wildman–Crippen LogP) is 3.82. The van der Waals surface area contributed by atoms with Crippen LogP contribution in [0.15, 0.2) is 82.8 Å². The lowest BCUT2D eigenvalue weighted by atomic mass is 10.1. The first-order valence-corrected chi connectivity index (χ1v) is 12.0. The van der Waals surface area contributed by atoms with Gasteiger partial charge in [-0.25, -0.2) is 8.42 Å². The summed E-state index contributed by atoms with van der Waals surface area (Å²) in [5.41, 5.74) is 5.82. The Hall–Kier alpha value is -3.00. The Bertz CT molecular complexity index is 1190. The molecule has 0 unspecified atom stereocenters. The number of sulfonamides is 1. The van der Waals surface area contributed by atoms with Crippen LogP contribution >= 0.6 is 0 Å². The maximum absolute atomic E-state index is 12.9. The minimum Gasteiger partial charge on any atom is -0.392 e. The molecule has 0 saturated heterocycles. The highest BCUT2D eigenvalue weighted by Crippen LogP contribution is 2.36. The van der Waals surface area contributed by atoms with Crippen molar-refractivity contribution in [1.82, 2.24) is 4.31 Å². The summed E-state index contributed by atoms with van der Waals surface area (Å²) in [4.78, 5) is 5.70. The number of likely N-dealkylation sites (N-methyl/N-ethyl adjacent to an activating group) is 1. The summed E-state index contributed by atoms with van der Waals surface area (Å²) >= 11 is 0. The molecule has 0 fully saturated rings. The van der Waals surface area contributed by atoms with E-state index in [1.165, 1.54) is 4.31 Å². The minimum atomic E-state index is -3.70. The number of fused-ring (bicyclic) bond motifs is 3. The Morgan fingerprint density at radius 3 is 1.97 bits per heavy atom. The molecule has 0 aliphatic heterocycles. The number of aryl methyl sites for hydroxylation is 1. The normalized spacial score (nSPS) is 13.6. The average molecular weight is 451 g/mol. The average Bonchev–Trinajstić information content (AvgIpc) is 3.12. The van der Waals surface area contributed by atoms with Crippen LogP contribution in [0.5, 0.6) is 0 Å². The molecule has 1 aliphatic rings. The van der Waals surface area contributed by atoms with Gasteiger partial charge in [0.25, 0.3) is 0 Å². The van der Waals surface area contributed by atoms with Gasteiger partial charge in [-0.05, 0) is 30.2 Å². The number of aliphatic hydroxyl groups is 1. The van der Waals surface area contributed by atoms with Crippen molar-refractivity contribution < 1.29 is 18.4 Å². The third kappa shape index (κ3) is 4.32. The van der Waals surface area contributed by atoms with Crippen molar-refractivity contribution >= 4 is 15.7 Å². The van der Waals surface area contributed by atoms with Crippen LogP contribution in [-0.4, -0.2) is 49.3 Å². The first-order valence-electron chi connectivity index (χ1n) is 10.6. The fraction of sp³-hybridized carbons (Fsp3) is 0.240. The van der Waals surface area contributed by atoms with Gasteiger partial charge in [0, 0.05) is 24.2 Å². The summed E-state index contributed by atoms with van der Waals surface area (Å²) in [6.45, 7) is 3.69. The van der Waals surface area contributed by atoms with Crippen molar-refractivity contribution in [1.29, 1.82) is 0 Å². The zero-order valence-corrected chi connectivity index (χ0v) is 18.9. The molecule has 0 amide bonds. The number of aliphatic hydroxyl groups excluding tert-OH is 1. The number of nitrogens with zero attached hydrogens (tertiary/aromatic N) is 2. The Kier molecular flexibility index (Phi) is 6.41. The second-order valence-corrected chi connectivity index (χ2v) is 9.69. The minimum absolute atomic E-state index is 0.0786. The van der Waals surface area contributed by atoms with Gasteiger partial charge in [0.2, 0.25) is 10.0 Å². The Labute approximate surface area is 188 Å². The lowest BCUT2D eigenvalue weighted by molar-refractivity contribution is 0.0313. The third-order valence-corrected chi connectivity index (χ3v) is 7.46. The van der Waals surface area contributed by atoms with Crippen LogP contribution in [-0.2, 0) is 14.9 Å². The van der Waals surface area contributed by atoms with Crippen molar-refractivity contribution in [2.24, 2.45) is 5.16 Å². The molecular weight excluding hydrogens is 424 g/mol. The van der Waals surface area contributed by atoms with Crippen LogP contribution in [0.3, 0.4) is 0 Å². The summed E-state index contributed by atoms with van der Waals surface area (Å²) in [5.74, 6) is 0. The van der Waals surface area contributed by atoms with Crippen LogP contribution in [0.2, 0.25) is 0 Å². The van der Waals surface area contributed by atoms with E-state index in [1.54, 1.807) is 31.2 Å². The van der Waals surface area contributed by atoms with Crippen molar-refractivity contribution in [2.45, 2.75) is 24.8 Å². The van der Waals surface area contributed by atoms with Gasteiger partial charge in [-0.15, -0.1) is 0 Å². The van der Waals surface area contributed by atoms with Crippen molar-refractivity contribution in [3.63, 3.8) is 0 Å². The van der Waals surface area contributed by atoms with Gasteiger partial charge in [0.1, 0.15) is 18.4 Å². The molecule has 3 aromatic rings. The fourth-order valence-electron chi connectivity index (χ4n) is 3.82. The van der Waals surface area contributed by atoms with Crippen LogP contribution in [0, 0.1) is 6.92 Å². The number of rotatable bonds is 8. The van der Waals surface area contributed by atoms with Crippen molar-refractivity contribution in [2.75, 3.05) is 19.7 Å². The van der Waals surface area contributed by atoms with E-state index in [-0.39, 0.29) is 24.6 Å². The summed E-state index contributed by atoms with van der Waals surface area (Å²) in [6, 6.07) is 22.6. The van der Waals surface area contributed by atoms with Crippen LogP contribution in [0.1, 0.15) is 23.6 Å². The molecule has 0 saturated carbocycles. The number of hydrogen-bond donors (Lipinski definition) is 1. The standard InChI is InChI=1S/C25H26N2O4S/c1-3-27(32(29,30)20-14-12-18(2)13-15-20)16-19(28)17-31-26-25-23-10-6-4-8-21(23)22-9-5-7-11-24(22)25/h4-15,19,28H,3,16-17H2,1-2H3/t19-/m0/s1. The van der Waals surface area contributed by atoms with Gasteiger partial charge in [-0.1, -0.05) is 78.3 Å². The molecule has 0 bridgehead atoms. The smallest absolute Gasteiger partial charge is 0.243 e. The van der Waals surface area contributed by atoms with E-state index in [9.17, 15) is 13.5 Å². The largest absolute Gasteiger partial charge is 0.392 e. The van der Waals surface area contributed by atoms with E-state index in [4.69, 9.17) is 4.84 Å². The third-order valence-electron chi connectivity index (χ3n) is 5.50. The lowest BCUT2D eigenvalue weighted by Crippen LogP contribution is -2.38. The molecule has 4 rings (SSSR count). The molecule has 3 aromatic carbocycles. The summed E-state index contributed by atoms with van der Waals surface area (Å²) < 4.78 is 27.1. The highest BCUT2D eigenvalue weighted by Gasteiger charge is 2.27. The topological polar surface area (TPSA) is 79.2 Å². The molecule has 1 atom stereocenters. The van der Waals surface area contributed by atoms with Crippen LogP contribution in [0.4, 0.5) is 0 Å². The van der Waals surface area contributed by atoms with Gasteiger partial charge >= 0.3 is 0 Å². The molecule has 1 N–H and O–H groups in total. The quantitative estimate of drug-likeness (QED) is 0.414. The molecule has 6 nitrogen and oxygen atoms in total. The summed E-state index contributed by atoms with van der Waals surface area (Å²) in [6.07, 6.45) is -1.02. The van der Waals surface area contributed by atoms with E-state index in [0.717, 1.165) is 27.8 Å². The predicted molar refractivity (Wildman–Crippen MR) is 125 cm³/mol. The van der Waals surface area contributed by atoms with Gasteiger partial charge in [0.05, 0.1) is 4.90 Å². The van der Waals surface area contributed by atoms with Crippen molar-refractivity contribution in [3.05, 3.63) is 89.5 Å². The second kappa shape index (κ2) is 9.24. The fourth-order valence-corrected chi connectivity index (χ4v) is 5.31. The van der Waals surface area contributed by atoms with E-state index in [0.29, 0.717) is 5.71 Å². The van der Waals surface area contributed by atoms with Gasteiger partial charge < -0.3 is 9.94 Å². The molecule has 166 valence electrons.